The van der Waals surface area contributed by atoms with Crippen LogP contribution in [0.25, 0.3) is 71.3 Å². The first-order chi connectivity index (χ1) is 30.7. The van der Waals surface area contributed by atoms with Crippen LogP contribution < -0.4 is 9.80 Å². The fourth-order valence-electron chi connectivity index (χ4n) is 9.20. The molecule has 12 aromatic rings. The maximum atomic E-state index is 6.31. The summed E-state index contributed by atoms with van der Waals surface area (Å²) in [6.45, 7) is 0. The SMILES string of the molecule is c1ccc(N(c2ccc(-c3ccc(N(c4ccccc4)c4ccc5c(c4)c4cc6ccccc6cc4n5-c4ccccc4)cc3)cc2)c2ccc3c(c2)oc2ccccc23)cc1. The van der Waals surface area contributed by atoms with Crippen molar-refractivity contribution in [3.8, 4) is 16.8 Å². The molecule has 0 atom stereocenters. The van der Waals surface area contributed by atoms with Crippen molar-refractivity contribution in [2.24, 2.45) is 0 Å². The summed E-state index contributed by atoms with van der Waals surface area (Å²) in [6, 6.07) is 84.6. The number of benzene rings is 10. The van der Waals surface area contributed by atoms with Gasteiger partial charge in [0.05, 0.1) is 11.0 Å². The van der Waals surface area contributed by atoms with Gasteiger partial charge in [-0.1, -0.05) is 121 Å². The van der Waals surface area contributed by atoms with Crippen molar-refractivity contribution in [3.05, 3.63) is 237 Å². The standard InChI is InChI=1S/C58H39N3O/c1-4-16-44(17-5-1)59(49-33-35-55-54(38-49)53-36-42-14-10-11-15-43(42)37-56(53)61(55)46-20-8-3-9-21-46)47-28-24-40(25-29-47)41-26-30-48(31-27-41)60(45-18-6-2-7-19-45)50-32-34-52-51-22-12-13-23-57(51)62-58(52)39-50/h1-39H. The maximum Gasteiger partial charge on any atom is 0.137 e. The highest BCUT2D eigenvalue weighted by molar-refractivity contribution is 6.14. The van der Waals surface area contributed by atoms with Gasteiger partial charge < -0.3 is 18.8 Å². The van der Waals surface area contributed by atoms with Crippen LogP contribution in [0, 0.1) is 0 Å². The first-order valence-corrected chi connectivity index (χ1v) is 21.1. The van der Waals surface area contributed by atoms with Crippen LogP contribution in [-0.4, -0.2) is 4.57 Å². The molecule has 62 heavy (non-hydrogen) atoms. The van der Waals surface area contributed by atoms with E-state index in [0.717, 1.165) is 72.9 Å². The third-order valence-corrected chi connectivity index (χ3v) is 12.1. The molecular weight excluding hydrogens is 755 g/mol. The average molecular weight is 794 g/mol. The molecule has 0 bridgehead atoms. The van der Waals surface area contributed by atoms with Gasteiger partial charge in [0.1, 0.15) is 11.2 Å². The van der Waals surface area contributed by atoms with E-state index in [4.69, 9.17) is 4.42 Å². The van der Waals surface area contributed by atoms with E-state index in [9.17, 15) is 0 Å². The lowest BCUT2D eigenvalue weighted by Gasteiger charge is -2.26. The van der Waals surface area contributed by atoms with Gasteiger partial charge in [-0.2, -0.15) is 0 Å². The molecule has 0 saturated heterocycles. The molecule has 0 aliphatic heterocycles. The fraction of sp³-hybridized carbons (Fsp3) is 0. The van der Waals surface area contributed by atoms with Crippen LogP contribution in [0.3, 0.4) is 0 Å². The molecule has 0 saturated carbocycles. The van der Waals surface area contributed by atoms with Crippen LogP contribution in [0.1, 0.15) is 0 Å². The molecule has 0 aliphatic rings. The van der Waals surface area contributed by atoms with E-state index in [0.29, 0.717) is 0 Å². The Labute approximate surface area is 359 Å². The first kappa shape index (κ1) is 35.6. The number of anilines is 6. The number of aromatic nitrogens is 1. The predicted octanol–water partition coefficient (Wildman–Crippen LogP) is 16.4. The van der Waals surface area contributed by atoms with E-state index in [1.54, 1.807) is 0 Å². The van der Waals surface area contributed by atoms with Crippen molar-refractivity contribution >= 4 is 88.6 Å². The van der Waals surface area contributed by atoms with E-state index in [1.165, 1.54) is 32.6 Å². The number of hydrogen-bond acceptors (Lipinski definition) is 3. The van der Waals surface area contributed by atoms with Gasteiger partial charge in [0.2, 0.25) is 0 Å². The van der Waals surface area contributed by atoms with E-state index >= 15 is 0 Å². The number of para-hydroxylation sites is 4. The van der Waals surface area contributed by atoms with Gasteiger partial charge in [-0.25, -0.2) is 0 Å². The summed E-state index contributed by atoms with van der Waals surface area (Å²) < 4.78 is 8.71. The topological polar surface area (TPSA) is 24.6 Å². The summed E-state index contributed by atoms with van der Waals surface area (Å²) in [7, 11) is 0. The van der Waals surface area contributed by atoms with Crippen LogP contribution in [0.4, 0.5) is 34.1 Å². The van der Waals surface area contributed by atoms with E-state index in [2.05, 4.69) is 239 Å². The van der Waals surface area contributed by atoms with E-state index in [1.807, 2.05) is 12.1 Å². The van der Waals surface area contributed by atoms with Crippen LogP contribution >= 0.6 is 0 Å². The third kappa shape index (κ3) is 6.08. The lowest BCUT2D eigenvalue weighted by molar-refractivity contribution is 0.669. The number of hydrogen-bond donors (Lipinski definition) is 0. The van der Waals surface area contributed by atoms with Crippen LogP contribution in [0.2, 0.25) is 0 Å². The van der Waals surface area contributed by atoms with Crippen molar-refractivity contribution in [1.82, 2.24) is 4.57 Å². The smallest absolute Gasteiger partial charge is 0.137 e. The molecule has 0 spiro atoms. The largest absolute Gasteiger partial charge is 0.456 e. The van der Waals surface area contributed by atoms with Gasteiger partial charge in [-0.15, -0.1) is 0 Å². The molecule has 0 radical (unpaired) electrons. The monoisotopic (exact) mass is 793 g/mol. The number of rotatable bonds is 8. The second kappa shape index (κ2) is 14.7. The van der Waals surface area contributed by atoms with Crippen molar-refractivity contribution < 1.29 is 4.42 Å². The zero-order chi connectivity index (χ0) is 41.0. The van der Waals surface area contributed by atoms with Gasteiger partial charge in [-0.05, 0) is 131 Å². The molecule has 0 N–H and O–H groups in total. The Morgan fingerprint density at radius 3 is 1.40 bits per heavy atom. The van der Waals surface area contributed by atoms with Crippen molar-refractivity contribution in [1.29, 1.82) is 0 Å². The molecule has 0 aliphatic carbocycles. The molecule has 2 aromatic heterocycles. The molecule has 2 heterocycles. The maximum absolute atomic E-state index is 6.31. The second-order valence-corrected chi connectivity index (χ2v) is 15.8. The Balaban J connectivity index is 0.916. The molecule has 4 heteroatoms. The molecule has 10 aromatic carbocycles. The van der Waals surface area contributed by atoms with Gasteiger partial charge >= 0.3 is 0 Å². The summed E-state index contributed by atoms with van der Waals surface area (Å²) in [4.78, 5) is 4.64. The number of fused-ring (bicyclic) bond motifs is 7. The number of furan rings is 1. The lowest BCUT2D eigenvalue weighted by atomic mass is 10.0. The Bertz CT molecular complexity index is 3560. The summed E-state index contributed by atoms with van der Waals surface area (Å²) in [6.07, 6.45) is 0. The van der Waals surface area contributed by atoms with E-state index in [-0.39, 0.29) is 0 Å². The van der Waals surface area contributed by atoms with E-state index < -0.39 is 0 Å². The molecule has 12 rings (SSSR count). The Hall–Kier alpha value is -8.34. The van der Waals surface area contributed by atoms with Crippen molar-refractivity contribution in [2.75, 3.05) is 9.80 Å². The third-order valence-electron chi connectivity index (χ3n) is 12.1. The summed E-state index contributed by atoms with van der Waals surface area (Å²) in [5, 5.41) is 7.16. The Morgan fingerprint density at radius 2 is 0.758 bits per heavy atom. The van der Waals surface area contributed by atoms with Crippen LogP contribution in [0.5, 0.6) is 0 Å². The van der Waals surface area contributed by atoms with Crippen molar-refractivity contribution in [2.45, 2.75) is 0 Å². The number of nitrogens with zero attached hydrogens (tertiary/aromatic N) is 3. The summed E-state index contributed by atoms with van der Waals surface area (Å²) in [5.41, 5.74) is 14.1. The highest BCUT2D eigenvalue weighted by Gasteiger charge is 2.19. The molecule has 4 nitrogen and oxygen atoms in total. The molecular formula is C58H39N3O. The highest BCUT2D eigenvalue weighted by Crippen LogP contribution is 2.42. The quantitative estimate of drug-likeness (QED) is 0.153. The molecule has 0 amide bonds. The van der Waals surface area contributed by atoms with Gasteiger partial charge in [0.15, 0.2) is 0 Å². The average Bonchev–Trinajstić information content (AvgIpc) is 3.87. The van der Waals surface area contributed by atoms with Gasteiger partial charge in [-0.3, -0.25) is 0 Å². The van der Waals surface area contributed by atoms with Gasteiger partial charge in [0, 0.05) is 67.4 Å². The highest BCUT2D eigenvalue weighted by atomic mass is 16.3. The zero-order valence-corrected chi connectivity index (χ0v) is 33.8. The molecule has 0 fully saturated rings. The fourth-order valence-corrected chi connectivity index (χ4v) is 9.20. The Morgan fingerprint density at radius 1 is 0.290 bits per heavy atom. The first-order valence-electron chi connectivity index (χ1n) is 21.1. The molecule has 292 valence electrons. The summed E-state index contributed by atoms with van der Waals surface area (Å²) in [5.74, 6) is 0. The normalized spacial score (nSPS) is 11.5. The minimum atomic E-state index is 0.873. The second-order valence-electron chi connectivity index (χ2n) is 15.8. The summed E-state index contributed by atoms with van der Waals surface area (Å²) >= 11 is 0. The van der Waals surface area contributed by atoms with Gasteiger partial charge in [0.25, 0.3) is 0 Å². The minimum absolute atomic E-state index is 0.873. The lowest BCUT2D eigenvalue weighted by Crippen LogP contribution is -2.10. The Kier molecular flexibility index (Phi) is 8.46. The zero-order valence-electron chi connectivity index (χ0n) is 33.8. The van der Waals surface area contributed by atoms with Crippen LogP contribution in [0.15, 0.2) is 241 Å². The predicted molar refractivity (Wildman–Crippen MR) is 260 cm³/mol. The van der Waals surface area contributed by atoms with Crippen LogP contribution in [-0.2, 0) is 0 Å². The minimum Gasteiger partial charge on any atom is -0.456 e. The van der Waals surface area contributed by atoms with Crippen molar-refractivity contribution in [3.63, 3.8) is 0 Å². The molecule has 0 unspecified atom stereocenters.